The van der Waals surface area contributed by atoms with Crippen LogP contribution in [0.15, 0.2) is 0 Å². The van der Waals surface area contributed by atoms with Crippen LogP contribution in [0.4, 0.5) is 0 Å². The van der Waals surface area contributed by atoms with Crippen LogP contribution in [0.2, 0.25) is 0 Å². The van der Waals surface area contributed by atoms with Crippen molar-refractivity contribution in [3.05, 3.63) is 0 Å². The van der Waals surface area contributed by atoms with Crippen molar-refractivity contribution in [2.24, 2.45) is 0 Å². The summed E-state index contributed by atoms with van der Waals surface area (Å²) in [5.41, 5.74) is -0.752. The van der Waals surface area contributed by atoms with Gasteiger partial charge in [-0.05, 0) is 26.7 Å². The highest BCUT2D eigenvalue weighted by molar-refractivity contribution is 4.70. The quantitative estimate of drug-likeness (QED) is 0.330. The number of rotatable bonds is 17. The van der Waals surface area contributed by atoms with Crippen LogP contribution in [-0.2, 0) is 0 Å². The van der Waals surface area contributed by atoms with Crippen molar-refractivity contribution in [3.63, 3.8) is 0 Å². The van der Waals surface area contributed by atoms with Gasteiger partial charge in [-0.25, -0.2) is 0 Å². The van der Waals surface area contributed by atoms with Gasteiger partial charge in [0.25, 0.3) is 0 Å². The fourth-order valence-electron chi connectivity index (χ4n) is 3.11. The summed E-state index contributed by atoms with van der Waals surface area (Å²) in [4.78, 5) is 0. The second-order valence-corrected chi connectivity index (χ2v) is 7.78. The zero-order valence-electron chi connectivity index (χ0n) is 15.7. The molecule has 0 saturated carbocycles. The first-order chi connectivity index (χ1) is 11.0. The van der Waals surface area contributed by atoms with Gasteiger partial charge in [-0.1, -0.05) is 77.0 Å². The Kier molecular flexibility index (Phi) is 15.3. The van der Waals surface area contributed by atoms with E-state index in [9.17, 15) is 10.2 Å². The summed E-state index contributed by atoms with van der Waals surface area (Å²) in [5, 5.41) is 28.1. The lowest BCUT2D eigenvalue weighted by molar-refractivity contribution is 0.0150. The summed E-state index contributed by atoms with van der Waals surface area (Å²) < 4.78 is 0. The zero-order chi connectivity index (χ0) is 17.4. The molecule has 0 rings (SSSR count). The van der Waals surface area contributed by atoms with Crippen LogP contribution in [0.1, 0.15) is 110 Å². The lowest BCUT2D eigenvalue weighted by atomic mass is 9.97. The fourth-order valence-corrected chi connectivity index (χ4v) is 3.11. The third kappa shape index (κ3) is 19.8. The molecule has 0 heterocycles. The molecule has 0 aliphatic carbocycles. The lowest BCUT2D eigenvalue weighted by Crippen LogP contribution is -2.26. The summed E-state index contributed by atoms with van der Waals surface area (Å²) in [6.45, 7) is 3.86. The van der Waals surface area contributed by atoms with E-state index < -0.39 is 5.60 Å². The number of aliphatic hydroxyl groups is 3. The Balaban J connectivity index is 3.13. The monoisotopic (exact) mass is 330 g/mol. The van der Waals surface area contributed by atoms with E-state index in [2.05, 4.69) is 0 Å². The normalized spacial score (nSPS) is 13.4. The molecule has 0 aromatic rings. The molecule has 3 N–H and O–H groups in total. The minimum atomic E-state index is -0.752. The van der Waals surface area contributed by atoms with Crippen LogP contribution in [0.3, 0.4) is 0 Å². The van der Waals surface area contributed by atoms with Crippen LogP contribution in [0.25, 0.3) is 0 Å². The molecule has 0 aliphatic heterocycles. The molecule has 140 valence electrons. The Morgan fingerprint density at radius 1 is 0.652 bits per heavy atom. The van der Waals surface area contributed by atoms with Gasteiger partial charge in [0.2, 0.25) is 0 Å². The molecule has 0 fully saturated rings. The number of aliphatic hydroxyl groups excluding tert-OH is 2. The largest absolute Gasteiger partial charge is 0.396 e. The molecule has 0 bridgehead atoms. The summed E-state index contributed by atoms with van der Waals surface area (Å²) in [7, 11) is 0. The third-order valence-corrected chi connectivity index (χ3v) is 4.43. The van der Waals surface area contributed by atoms with E-state index in [1.807, 2.05) is 0 Å². The average molecular weight is 331 g/mol. The molecule has 0 aliphatic rings. The highest BCUT2D eigenvalue weighted by Crippen LogP contribution is 2.17. The minimum absolute atomic E-state index is 0.346. The maximum Gasteiger partial charge on any atom is 0.0616 e. The number of hydrogen-bond acceptors (Lipinski definition) is 3. The van der Waals surface area contributed by atoms with Gasteiger partial charge in [-0.15, -0.1) is 0 Å². The Morgan fingerprint density at radius 3 is 1.35 bits per heavy atom. The molecular weight excluding hydrogens is 288 g/mol. The van der Waals surface area contributed by atoms with E-state index in [-0.39, 0.29) is 6.10 Å². The van der Waals surface area contributed by atoms with Gasteiger partial charge in [0, 0.05) is 13.0 Å². The van der Waals surface area contributed by atoms with Crippen molar-refractivity contribution < 1.29 is 15.3 Å². The van der Waals surface area contributed by atoms with E-state index >= 15 is 0 Å². The Hall–Kier alpha value is -0.120. The van der Waals surface area contributed by atoms with Crippen LogP contribution >= 0.6 is 0 Å². The van der Waals surface area contributed by atoms with Gasteiger partial charge in [0.05, 0.1) is 11.7 Å². The Morgan fingerprint density at radius 2 is 1.00 bits per heavy atom. The first-order valence-corrected chi connectivity index (χ1v) is 9.97. The van der Waals surface area contributed by atoms with Crippen molar-refractivity contribution in [1.29, 1.82) is 0 Å². The topological polar surface area (TPSA) is 60.7 Å². The first kappa shape index (κ1) is 22.9. The Bertz CT molecular complexity index is 236. The van der Waals surface area contributed by atoms with Crippen molar-refractivity contribution in [2.75, 3.05) is 6.61 Å². The van der Waals surface area contributed by atoms with E-state index in [0.717, 1.165) is 19.3 Å². The van der Waals surface area contributed by atoms with Gasteiger partial charge in [-0.2, -0.15) is 0 Å². The molecule has 0 spiro atoms. The highest BCUT2D eigenvalue weighted by atomic mass is 16.3. The van der Waals surface area contributed by atoms with Crippen molar-refractivity contribution in [2.45, 2.75) is 122 Å². The molecule has 1 unspecified atom stereocenters. The fraction of sp³-hybridized carbons (Fsp3) is 1.00. The minimum Gasteiger partial charge on any atom is -0.396 e. The number of unbranched alkanes of at least 4 members (excludes halogenated alkanes) is 12. The first-order valence-electron chi connectivity index (χ1n) is 9.97. The van der Waals surface area contributed by atoms with Crippen molar-refractivity contribution >= 4 is 0 Å². The van der Waals surface area contributed by atoms with E-state index in [1.54, 1.807) is 13.8 Å². The van der Waals surface area contributed by atoms with Gasteiger partial charge in [0.15, 0.2) is 0 Å². The van der Waals surface area contributed by atoms with Crippen LogP contribution < -0.4 is 0 Å². The molecule has 0 aromatic carbocycles. The van der Waals surface area contributed by atoms with Gasteiger partial charge >= 0.3 is 0 Å². The second kappa shape index (κ2) is 15.4. The highest BCUT2D eigenvalue weighted by Gasteiger charge is 2.17. The molecule has 0 aromatic heterocycles. The molecule has 0 amide bonds. The van der Waals surface area contributed by atoms with Gasteiger partial charge in [0.1, 0.15) is 0 Å². The maximum absolute atomic E-state index is 9.80. The standard InChI is InChI=1S/C20H42O3/c1-20(2,23)18-19(22)16-14-12-10-8-6-4-3-5-7-9-11-13-15-17-21/h19,21-23H,3-18H2,1-2H3. The van der Waals surface area contributed by atoms with Crippen molar-refractivity contribution in [3.8, 4) is 0 Å². The van der Waals surface area contributed by atoms with Crippen LogP contribution in [0.5, 0.6) is 0 Å². The van der Waals surface area contributed by atoms with Gasteiger partial charge in [-0.3, -0.25) is 0 Å². The summed E-state index contributed by atoms with van der Waals surface area (Å²) in [6.07, 6.45) is 17.3. The van der Waals surface area contributed by atoms with E-state index in [1.165, 1.54) is 70.6 Å². The van der Waals surface area contributed by atoms with Crippen molar-refractivity contribution in [1.82, 2.24) is 0 Å². The predicted octanol–water partition coefficient (Wildman–Crippen LogP) is 4.96. The SMILES string of the molecule is CC(C)(O)CC(O)CCCCCCCCCCCCCCCO. The maximum atomic E-state index is 9.80. The van der Waals surface area contributed by atoms with E-state index in [4.69, 9.17) is 5.11 Å². The molecule has 23 heavy (non-hydrogen) atoms. The molecule has 0 radical (unpaired) electrons. The summed E-state index contributed by atoms with van der Waals surface area (Å²) >= 11 is 0. The zero-order valence-corrected chi connectivity index (χ0v) is 15.7. The van der Waals surface area contributed by atoms with Gasteiger partial charge < -0.3 is 15.3 Å². The summed E-state index contributed by atoms with van der Waals surface area (Å²) in [5.74, 6) is 0. The molecular formula is C20H42O3. The number of hydrogen-bond donors (Lipinski definition) is 3. The van der Waals surface area contributed by atoms with Crippen LogP contribution in [0, 0.1) is 0 Å². The average Bonchev–Trinajstić information content (AvgIpc) is 2.46. The second-order valence-electron chi connectivity index (χ2n) is 7.78. The molecule has 3 heteroatoms. The van der Waals surface area contributed by atoms with Crippen LogP contribution in [-0.4, -0.2) is 33.6 Å². The summed E-state index contributed by atoms with van der Waals surface area (Å²) in [6, 6.07) is 0. The Labute approximate surface area is 144 Å². The molecule has 1 atom stereocenters. The molecule has 3 nitrogen and oxygen atoms in total. The lowest BCUT2D eigenvalue weighted by Gasteiger charge is -2.21. The third-order valence-electron chi connectivity index (χ3n) is 4.43. The molecule has 0 saturated heterocycles. The smallest absolute Gasteiger partial charge is 0.0616 e. The van der Waals surface area contributed by atoms with E-state index in [0.29, 0.717) is 13.0 Å². The predicted molar refractivity (Wildman–Crippen MR) is 98.6 cm³/mol.